The van der Waals surface area contributed by atoms with Crippen LogP contribution in [0.15, 0.2) is 51.4 Å². The van der Waals surface area contributed by atoms with E-state index in [4.69, 9.17) is 31.3 Å². The van der Waals surface area contributed by atoms with Gasteiger partial charge in [0.15, 0.2) is 0 Å². The summed E-state index contributed by atoms with van der Waals surface area (Å²) in [5, 5.41) is 14.2. The van der Waals surface area contributed by atoms with Gasteiger partial charge < -0.3 is 21.7 Å². The first kappa shape index (κ1) is 47.3. The van der Waals surface area contributed by atoms with Crippen LogP contribution in [0, 0.1) is 5.41 Å². The van der Waals surface area contributed by atoms with Crippen LogP contribution in [-0.2, 0) is 38.2 Å². The molecule has 0 aliphatic carbocycles. The van der Waals surface area contributed by atoms with Crippen molar-refractivity contribution in [3.63, 3.8) is 0 Å². The average Bonchev–Trinajstić information content (AvgIpc) is 3.02. The topological polar surface area (TPSA) is 184 Å². The molecule has 1 saturated heterocycles. The number of nitrogens with two attached hydrogens (primary N) is 2. The van der Waals surface area contributed by atoms with Crippen LogP contribution in [0.5, 0.6) is 0 Å². The second-order valence-corrected chi connectivity index (χ2v) is 13.0. The highest BCUT2D eigenvalue weighted by Crippen LogP contribution is 2.39. The summed E-state index contributed by atoms with van der Waals surface area (Å²) in [4.78, 5) is 61.7. The first-order valence-corrected chi connectivity index (χ1v) is 16.7. The zero-order valence-electron chi connectivity index (χ0n) is 27.3. The van der Waals surface area contributed by atoms with Crippen LogP contribution in [0.3, 0.4) is 0 Å². The number of carboxylic acid groups (broad SMARTS) is 2. The zero-order chi connectivity index (χ0) is 40.9. The minimum absolute atomic E-state index is 0.0578. The van der Waals surface area contributed by atoms with Crippen molar-refractivity contribution in [2.24, 2.45) is 16.9 Å². The van der Waals surface area contributed by atoms with Crippen molar-refractivity contribution in [3.05, 3.63) is 68.1 Å². The zero-order valence-corrected chi connectivity index (χ0v) is 30.4. The SMILES string of the molecule is NCCCCN1C(=O)N(CCCCN)C(=O)C(Cc2ccc(C(F)(F)F)cc2)(Cc2cc(Br)cc(Br)c2)C1=O.O=C(O)C(F)(F)F.O=C(O)C(F)(F)F. The third kappa shape index (κ3) is 14.5. The Balaban J connectivity index is 0.000000845. The summed E-state index contributed by atoms with van der Waals surface area (Å²) >= 11 is 6.86. The first-order chi connectivity index (χ1) is 24.3. The number of benzene rings is 2. The maximum Gasteiger partial charge on any atom is 0.490 e. The van der Waals surface area contributed by atoms with Crippen molar-refractivity contribution in [2.75, 3.05) is 26.2 Å². The number of unbranched alkanes of at least 4 members (excludes halogenated alkanes) is 2. The summed E-state index contributed by atoms with van der Waals surface area (Å²) in [5.74, 6) is -6.85. The monoisotopic (exact) mass is 902 g/mol. The molecule has 22 heteroatoms. The number of hydrogen-bond donors (Lipinski definition) is 4. The van der Waals surface area contributed by atoms with Crippen molar-refractivity contribution in [3.8, 4) is 0 Å². The number of imide groups is 2. The number of alkyl halides is 9. The van der Waals surface area contributed by atoms with Gasteiger partial charge in [-0.2, -0.15) is 39.5 Å². The number of amides is 4. The van der Waals surface area contributed by atoms with E-state index in [0.29, 0.717) is 58.8 Å². The molecule has 2 aromatic rings. The van der Waals surface area contributed by atoms with E-state index in [1.54, 1.807) is 18.2 Å². The van der Waals surface area contributed by atoms with Crippen LogP contribution >= 0.6 is 31.9 Å². The minimum atomic E-state index is -5.08. The molecule has 2 aromatic carbocycles. The molecule has 1 aliphatic rings. The van der Waals surface area contributed by atoms with Crippen molar-refractivity contribution >= 4 is 61.6 Å². The minimum Gasteiger partial charge on any atom is -0.475 e. The van der Waals surface area contributed by atoms with Crippen molar-refractivity contribution in [1.29, 1.82) is 0 Å². The molecular weight excluding hydrogens is 871 g/mol. The van der Waals surface area contributed by atoms with Gasteiger partial charge in [-0.05, 0) is 93.1 Å². The van der Waals surface area contributed by atoms with Gasteiger partial charge in [-0.3, -0.25) is 19.4 Å². The summed E-state index contributed by atoms with van der Waals surface area (Å²) in [6.45, 7) is 0.898. The number of urea groups is 1. The van der Waals surface area contributed by atoms with Gasteiger partial charge in [-0.25, -0.2) is 14.4 Å². The number of nitrogens with zero attached hydrogens (tertiary/aromatic N) is 2. The predicted octanol–water partition coefficient (Wildman–Crippen LogP) is 6.54. The van der Waals surface area contributed by atoms with E-state index in [1.807, 2.05) is 0 Å². The molecule has 0 aromatic heterocycles. The van der Waals surface area contributed by atoms with E-state index < -0.39 is 59.3 Å². The highest BCUT2D eigenvalue weighted by atomic mass is 79.9. The molecule has 1 heterocycles. The van der Waals surface area contributed by atoms with Gasteiger partial charge in [-0.1, -0.05) is 44.0 Å². The Morgan fingerprint density at radius 2 is 1.00 bits per heavy atom. The molecule has 0 bridgehead atoms. The number of rotatable bonds is 12. The maximum atomic E-state index is 14.1. The third-order valence-electron chi connectivity index (χ3n) is 7.14. The van der Waals surface area contributed by atoms with E-state index >= 15 is 0 Å². The van der Waals surface area contributed by atoms with Gasteiger partial charge in [0.2, 0.25) is 11.8 Å². The molecule has 0 atom stereocenters. The molecule has 3 rings (SSSR count). The Kier molecular flexibility index (Phi) is 17.9. The van der Waals surface area contributed by atoms with E-state index in [9.17, 15) is 53.9 Å². The van der Waals surface area contributed by atoms with Gasteiger partial charge in [0.25, 0.3) is 0 Å². The Morgan fingerprint density at radius 1 is 0.642 bits per heavy atom. The number of carboxylic acids is 2. The highest BCUT2D eigenvalue weighted by molar-refractivity contribution is 9.11. The molecule has 296 valence electrons. The van der Waals surface area contributed by atoms with Crippen molar-refractivity contribution in [2.45, 2.75) is 57.1 Å². The number of carbonyl (C=O) groups excluding carboxylic acids is 3. The van der Waals surface area contributed by atoms with Crippen LogP contribution in [-0.4, -0.2) is 88.3 Å². The normalized spacial score (nSPS) is 14.6. The molecule has 1 fully saturated rings. The van der Waals surface area contributed by atoms with Crippen molar-refractivity contribution in [1.82, 2.24) is 9.80 Å². The molecule has 0 saturated carbocycles. The van der Waals surface area contributed by atoms with Gasteiger partial charge in [0.1, 0.15) is 5.41 Å². The fraction of sp³-hybridized carbons (Fsp3) is 0.452. The van der Waals surface area contributed by atoms with Gasteiger partial charge in [0.05, 0.1) is 5.56 Å². The van der Waals surface area contributed by atoms with Gasteiger partial charge >= 0.3 is 36.5 Å². The van der Waals surface area contributed by atoms with E-state index in [-0.39, 0.29) is 25.9 Å². The molecule has 0 unspecified atom stereocenters. The molecule has 0 radical (unpaired) electrons. The summed E-state index contributed by atoms with van der Waals surface area (Å²) in [7, 11) is 0. The Bertz CT molecular complexity index is 1510. The largest absolute Gasteiger partial charge is 0.490 e. The second kappa shape index (κ2) is 20.1. The standard InChI is InChI=1S/C27H31Br2F3N4O3.2C2HF3O2/c28-21-13-19(14-22(29)15-21)17-26(16-18-5-7-20(8-6-18)27(30,31)32)23(37)35(11-3-1-9-33)25(39)36(24(26)38)12-4-2-10-34;2*3-2(4,5)1(6)7/h5-8,13-15H,1-4,9-12,16-17,33-34H2;2*(H,6,7). The number of hydrogen-bond acceptors (Lipinski definition) is 7. The van der Waals surface area contributed by atoms with Crippen LogP contribution in [0.25, 0.3) is 0 Å². The van der Waals surface area contributed by atoms with E-state index in [1.165, 1.54) is 12.1 Å². The van der Waals surface area contributed by atoms with Gasteiger partial charge in [0, 0.05) is 22.0 Å². The summed E-state index contributed by atoms with van der Waals surface area (Å²) in [5.41, 5.74) is 9.67. The number of barbiturate groups is 1. The molecule has 53 heavy (non-hydrogen) atoms. The van der Waals surface area contributed by atoms with Crippen molar-refractivity contribution < 1.29 is 73.7 Å². The fourth-order valence-electron chi connectivity index (χ4n) is 4.74. The van der Waals surface area contributed by atoms with E-state index in [2.05, 4.69) is 31.9 Å². The van der Waals surface area contributed by atoms with Crippen LogP contribution in [0.2, 0.25) is 0 Å². The third-order valence-corrected chi connectivity index (χ3v) is 8.06. The molecule has 4 amide bonds. The molecule has 11 nitrogen and oxygen atoms in total. The van der Waals surface area contributed by atoms with Crippen LogP contribution in [0.1, 0.15) is 42.4 Å². The lowest BCUT2D eigenvalue weighted by molar-refractivity contribution is -0.193. The lowest BCUT2D eigenvalue weighted by Crippen LogP contribution is -2.66. The smallest absolute Gasteiger partial charge is 0.475 e. The van der Waals surface area contributed by atoms with Crippen LogP contribution < -0.4 is 11.5 Å². The average molecular weight is 904 g/mol. The Labute approximate surface area is 312 Å². The lowest BCUT2D eigenvalue weighted by atomic mass is 9.72. The number of carbonyl (C=O) groups is 5. The summed E-state index contributed by atoms with van der Waals surface area (Å²) in [6, 6.07) is 9.06. The predicted molar refractivity (Wildman–Crippen MR) is 176 cm³/mol. The molecule has 1 aliphatic heterocycles. The number of aliphatic carboxylic acids is 2. The quantitative estimate of drug-likeness (QED) is 0.104. The van der Waals surface area contributed by atoms with Crippen LogP contribution in [0.4, 0.5) is 44.3 Å². The maximum absolute atomic E-state index is 14.1. The summed E-state index contributed by atoms with van der Waals surface area (Å²) < 4.78 is 104. The Hall–Kier alpha value is -3.76. The summed E-state index contributed by atoms with van der Waals surface area (Å²) in [6.07, 6.45) is -12.9. The van der Waals surface area contributed by atoms with Gasteiger partial charge in [-0.15, -0.1) is 0 Å². The Morgan fingerprint density at radius 3 is 1.32 bits per heavy atom. The molecular formula is C31H33Br2F9N4O7. The first-order valence-electron chi connectivity index (χ1n) is 15.1. The molecule has 0 spiro atoms. The second-order valence-electron chi connectivity index (χ2n) is 11.2. The highest BCUT2D eigenvalue weighted by Gasteiger charge is 2.57. The number of halogens is 11. The van der Waals surface area contributed by atoms with E-state index in [0.717, 1.165) is 21.9 Å². The fourth-order valence-corrected chi connectivity index (χ4v) is 6.13. The molecule has 6 N–H and O–H groups in total. The lowest BCUT2D eigenvalue weighted by Gasteiger charge is -2.44.